The quantitative estimate of drug-likeness (QED) is 0.0420. The van der Waals surface area contributed by atoms with Crippen LogP contribution in [0.1, 0.15) is 36.1 Å². The number of hydrogen-bond acceptors (Lipinski definition) is 10. The van der Waals surface area contributed by atoms with Crippen molar-refractivity contribution in [1.29, 1.82) is 0 Å². The van der Waals surface area contributed by atoms with Gasteiger partial charge in [-0.3, -0.25) is 24.6 Å². The van der Waals surface area contributed by atoms with Crippen molar-refractivity contribution in [1.82, 2.24) is 10.2 Å². The molecule has 5 rings (SSSR count). The second-order valence-electron chi connectivity index (χ2n) is 9.16. The molecule has 1 amide bonds. The Hall–Kier alpha value is -4.62. The summed E-state index contributed by atoms with van der Waals surface area (Å²) in [6.45, 7) is 2.49. The highest BCUT2D eigenvalue weighted by molar-refractivity contribution is 8.00. The summed E-state index contributed by atoms with van der Waals surface area (Å²) in [6.07, 6.45) is 0.818. The summed E-state index contributed by atoms with van der Waals surface area (Å²) in [5.41, 5.74) is 1.15. The number of nitro groups is 1. The zero-order valence-electron chi connectivity index (χ0n) is 22.1. The van der Waals surface area contributed by atoms with Crippen molar-refractivity contribution in [2.75, 3.05) is 11.5 Å². The first-order valence-electron chi connectivity index (χ1n) is 12.8. The monoisotopic (exact) mass is 606 g/mol. The molecular weight excluding hydrogens is 583 g/mol. The lowest BCUT2D eigenvalue weighted by molar-refractivity contribution is -0.384. The fourth-order valence-corrected chi connectivity index (χ4v) is 6.12. The number of carbonyl (C=O) groups excluding carboxylic acids is 2. The minimum Gasteiger partial charge on any atom is -0.507 e. The van der Waals surface area contributed by atoms with Crippen molar-refractivity contribution in [3.8, 4) is 5.75 Å². The van der Waals surface area contributed by atoms with Crippen molar-refractivity contribution in [3.05, 3.63) is 111 Å². The lowest BCUT2D eigenvalue weighted by atomic mass is 9.95. The molecule has 1 saturated heterocycles. The van der Waals surface area contributed by atoms with E-state index in [1.54, 1.807) is 36.4 Å². The Labute approximate surface area is 247 Å². The largest absolute Gasteiger partial charge is 0.507 e. The number of aromatic nitrogens is 2. The van der Waals surface area contributed by atoms with Crippen LogP contribution in [0.25, 0.3) is 5.76 Å². The molecule has 10 nitrogen and oxygen atoms in total. The summed E-state index contributed by atoms with van der Waals surface area (Å²) in [5.74, 6) is -1.55. The van der Waals surface area contributed by atoms with E-state index in [1.165, 1.54) is 48.2 Å². The number of halogens is 1. The van der Waals surface area contributed by atoms with Crippen molar-refractivity contribution >= 4 is 51.4 Å². The van der Waals surface area contributed by atoms with Crippen LogP contribution in [0.2, 0.25) is 0 Å². The number of nitrogens with zero attached hydrogens (tertiary/aromatic N) is 4. The van der Waals surface area contributed by atoms with Crippen molar-refractivity contribution in [3.63, 3.8) is 0 Å². The van der Waals surface area contributed by atoms with Gasteiger partial charge in [-0.05, 0) is 66.1 Å². The molecule has 0 aliphatic carbocycles. The van der Waals surface area contributed by atoms with E-state index in [0.29, 0.717) is 28.0 Å². The number of nitro benzene ring substituents is 1. The normalized spacial score (nSPS) is 16.1. The van der Waals surface area contributed by atoms with E-state index in [9.17, 15) is 29.2 Å². The summed E-state index contributed by atoms with van der Waals surface area (Å²) in [6, 6.07) is 16.8. The maximum absolute atomic E-state index is 13.4. The van der Waals surface area contributed by atoms with Gasteiger partial charge in [0.1, 0.15) is 17.3 Å². The van der Waals surface area contributed by atoms with Gasteiger partial charge in [-0.2, -0.15) is 0 Å². The van der Waals surface area contributed by atoms with Crippen LogP contribution in [0.15, 0.2) is 82.7 Å². The van der Waals surface area contributed by atoms with Crippen LogP contribution in [0.4, 0.5) is 15.2 Å². The lowest BCUT2D eigenvalue weighted by Gasteiger charge is -2.22. The number of ether oxygens (including phenoxy) is 1. The molecule has 1 aromatic heterocycles. The second kappa shape index (κ2) is 12.5. The fraction of sp³-hybridized carbons (Fsp3) is 0.172. The van der Waals surface area contributed by atoms with E-state index in [1.807, 2.05) is 6.92 Å². The van der Waals surface area contributed by atoms with E-state index in [0.717, 1.165) is 28.2 Å². The summed E-state index contributed by atoms with van der Waals surface area (Å²) < 4.78 is 19.3. The minimum absolute atomic E-state index is 0.115. The third-order valence-corrected chi connectivity index (χ3v) is 8.47. The maximum atomic E-state index is 13.4. The van der Waals surface area contributed by atoms with Crippen LogP contribution >= 0.6 is 23.1 Å². The predicted molar refractivity (Wildman–Crippen MR) is 156 cm³/mol. The summed E-state index contributed by atoms with van der Waals surface area (Å²) in [4.78, 5) is 38.6. The molecule has 3 aromatic carbocycles. The molecular formula is C29H23FN4O6S2. The molecule has 0 bridgehead atoms. The molecule has 0 radical (unpaired) electrons. The van der Waals surface area contributed by atoms with Gasteiger partial charge < -0.3 is 9.84 Å². The van der Waals surface area contributed by atoms with Crippen LogP contribution in [0, 0.1) is 15.9 Å². The number of carbonyl (C=O) groups is 2. The van der Waals surface area contributed by atoms with Crippen molar-refractivity contribution in [2.45, 2.75) is 29.5 Å². The molecule has 1 atom stereocenters. The highest BCUT2D eigenvalue weighted by Crippen LogP contribution is 2.44. The lowest BCUT2D eigenvalue weighted by Crippen LogP contribution is -2.29. The maximum Gasteiger partial charge on any atom is 0.301 e. The number of rotatable bonds is 10. The average Bonchev–Trinajstić information content (AvgIpc) is 3.57. The molecule has 1 aliphatic heterocycles. The van der Waals surface area contributed by atoms with Gasteiger partial charge >= 0.3 is 5.91 Å². The van der Waals surface area contributed by atoms with Crippen LogP contribution in [-0.2, 0) is 15.3 Å². The molecule has 13 heteroatoms. The molecule has 0 saturated carbocycles. The first kappa shape index (κ1) is 28.9. The third-order valence-electron chi connectivity index (χ3n) is 6.34. The number of ketones is 1. The fourth-order valence-electron chi connectivity index (χ4n) is 4.29. The Bertz CT molecular complexity index is 1660. The molecule has 0 spiro atoms. The molecule has 1 fully saturated rings. The predicted octanol–water partition coefficient (Wildman–Crippen LogP) is 6.29. The molecule has 42 heavy (non-hydrogen) atoms. The summed E-state index contributed by atoms with van der Waals surface area (Å²) in [5, 5.41) is 31.0. The Morgan fingerprint density at radius 2 is 1.76 bits per heavy atom. The number of anilines is 1. The molecule has 1 unspecified atom stereocenters. The van der Waals surface area contributed by atoms with E-state index >= 15 is 0 Å². The van der Waals surface area contributed by atoms with Crippen molar-refractivity contribution in [2.24, 2.45) is 0 Å². The number of benzene rings is 3. The second-order valence-corrected chi connectivity index (χ2v) is 11.3. The zero-order valence-corrected chi connectivity index (χ0v) is 23.7. The van der Waals surface area contributed by atoms with Gasteiger partial charge in [0, 0.05) is 23.4 Å². The first-order chi connectivity index (χ1) is 20.3. The first-order valence-corrected chi connectivity index (χ1v) is 14.6. The van der Waals surface area contributed by atoms with Crippen LogP contribution in [0.3, 0.4) is 0 Å². The molecule has 2 heterocycles. The van der Waals surface area contributed by atoms with E-state index in [-0.39, 0.29) is 27.8 Å². The molecule has 1 N–H and O–H groups in total. The average molecular weight is 607 g/mol. The van der Waals surface area contributed by atoms with Gasteiger partial charge in [-0.25, -0.2) is 4.39 Å². The molecule has 4 aromatic rings. The number of aliphatic hydroxyl groups is 1. The Balaban J connectivity index is 1.52. The van der Waals surface area contributed by atoms with E-state index in [4.69, 9.17) is 4.74 Å². The zero-order chi connectivity index (χ0) is 29.8. The van der Waals surface area contributed by atoms with E-state index < -0.39 is 28.4 Å². The van der Waals surface area contributed by atoms with Gasteiger partial charge in [0.15, 0.2) is 4.34 Å². The third kappa shape index (κ3) is 6.02. The number of thioether (sulfide) groups is 1. The van der Waals surface area contributed by atoms with Gasteiger partial charge in [0.2, 0.25) is 5.13 Å². The summed E-state index contributed by atoms with van der Waals surface area (Å²) >= 11 is 2.40. The Morgan fingerprint density at radius 1 is 1.07 bits per heavy atom. The Kier molecular flexibility index (Phi) is 8.59. The summed E-state index contributed by atoms with van der Waals surface area (Å²) in [7, 11) is 0. The highest BCUT2D eigenvalue weighted by atomic mass is 32.2. The van der Waals surface area contributed by atoms with E-state index in [2.05, 4.69) is 10.2 Å². The van der Waals surface area contributed by atoms with Gasteiger partial charge in [-0.1, -0.05) is 42.2 Å². The number of amides is 1. The molecule has 1 aliphatic rings. The van der Waals surface area contributed by atoms with Crippen LogP contribution in [-0.4, -0.2) is 38.5 Å². The standard InChI is InChI=1S/C29H23FN4O6S2/c1-2-15-40-22-13-7-19(8-14-22)25(35)23-24(18-5-11-21(12-6-18)34(38)39)33(27(37)26(23)36)28-31-32-29(42-28)41-16-17-3-9-20(30)10-4-17/h3-14,24,35H,2,15-16H2,1H3/b25-23-. The highest BCUT2D eigenvalue weighted by Gasteiger charge is 2.48. The van der Waals surface area contributed by atoms with Crippen LogP contribution in [0.5, 0.6) is 5.75 Å². The smallest absolute Gasteiger partial charge is 0.301 e. The molecule has 214 valence electrons. The number of hydrogen-bond donors (Lipinski definition) is 1. The van der Waals surface area contributed by atoms with Gasteiger partial charge in [0.25, 0.3) is 11.5 Å². The van der Waals surface area contributed by atoms with Crippen molar-refractivity contribution < 1.29 is 28.7 Å². The van der Waals surface area contributed by atoms with Gasteiger partial charge in [-0.15, -0.1) is 10.2 Å². The minimum atomic E-state index is -1.12. The number of aliphatic hydroxyl groups excluding tert-OH is 1. The van der Waals surface area contributed by atoms with Gasteiger partial charge in [0.05, 0.1) is 23.1 Å². The number of non-ortho nitro benzene ring substituents is 1. The Morgan fingerprint density at radius 3 is 2.40 bits per heavy atom. The number of Topliss-reactive ketones (excluding diaryl/α,β-unsaturated/α-hetero) is 1. The van der Waals surface area contributed by atoms with Crippen LogP contribution < -0.4 is 9.64 Å². The topological polar surface area (TPSA) is 136 Å². The SMILES string of the molecule is CCCOc1ccc(/C(O)=C2/C(=O)C(=O)N(c3nnc(SCc4ccc(F)cc4)s3)C2c2ccc([N+](=O)[O-])cc2)cc1.